The van der Waals surface area contributed by atoms with E-state index in [1.165, 1.54) is 19.4 Å². The summed E-state index contributed by atoms with van der Waals surface area (Å²) in [4.78, 5) is 11.3. The van der Waals surface area contributed by atoms with Crippen molar-refractivity contribution < 1.29 is 17.9 Å². The summed E-state index contributed by atoms with van der Waals surface area (Å²) >= 11 is 0. The van der Waals surface area contributed by atoms with E-state index in [1.54, 1.807) is 12.1 Å². The van der Waals surface area contributed by atoms with Crippen molar-refractivity contribution in [3.05, 3.63) is 23.8 Å². The maximum atomic E-state index is 11.3. The Balaban J connectivity index is 2.58. The molecule has 7 heteroatoms. The summed E-state index contributed by atoms with van der Waals surface area (Å²) in [5, 5.41) is 3.03. The van der Waals surface area contributed by atoms with Gasteiger partial charge in [-0.05, 0) is 24.6 Å². The van der Waals surface area contributed by atoms with Crippen LogP contribution in [0.3, 0.4) is 0 Å². The van der Waals surface area contributed by atoms with Gasteiger partial charge in [0, 0.05) is 12.8 Å². The molecule has 0 saturated heterocycles. The fourth-order valence-corrected chi connectivity index (χ4v) is 2.19. The monoisotopic (exact) mass is 286 g/mol. The van der Waals surface area contributed by atoms with Crippen molar-refractivity contribution >= 4 is 27.2 Å². The van der Waals surface area contributed by atoms with Gasteiger partial charge in [-0.15, -0.1) is 0 Å². The van der Waals surface area contributed by atoms with Crippen molar-refractivity contribution in [3.8, 4) is 0 Å². The molecular weight excluding hydrogens is 268 g/mol. The number of carbonyl (C=O) groups excluding carboxylic acids is 1. The lowest BCUT2D eigenvalue weighted by Crippen LogP contribution is -2.11. The summed E-state index contributed by atoms with van der Waals surface area (Å²) in [5.74, 6) is -0.324. The van der Waals surface area contributed by atoms with Crippen molar-refractivity contribution in [2.45, 2.75) is 6.42 Å². The molecule has 1 aromatic rings. The normalized spacial score (nSPS) is 11.1. The summed E-state index contributed by atoms with van der Waals surface area (Å²) in [5.41, 5.74) is 7.26. The van der Waals surface area contributed by atoms with Crippen LogP contribution in [0.25, 0.3) is 0 Å². The first-order valence-electron chi connectivity index (χ1n) is 5.73. The molecule has 0 amide bonds. The number of anilines is 2. The van der Waals surface area contributed by atoms with Crippen molar-refractivity contribution in [1.82, 2.24) is 0 Å². The van der Waals surface area contributed by atoms with Crippen LogP contribution in [0.4, 0.5) is 11.4 Å². The van der Waals surface area contributed by atoms with Gasteiger partial charge < -0.3 is 15.8 Å². The van der Waals surface area contributed by atoms with Crippen molar-refractivity contribution in [2.24, 2.45) is 0 Å². The second-order valence-corrected chi connectivity index (χ2v) is 6.46. The molecule has 1 rings (SSSR count). The van der Waals surface area contributed by atoms with Crippen molar-refractivity contribution in [2.75, 3.05) is 36.7 Å². The van der Waals surface area contributed by atoms with Crippen LogP contribution in [0, 0.1) is 0 Å². The first kappa shape index (κ1) is 15.3. The Bertz CT molecular complexity index is 555. The number of nitrogen functional groups attached to an aromatic ring is 1. The Hall–Kier alpha value is -1.76. The van der Waals surface area contributed by atoms with E-state index in [0.717, 1.165) is 0 Å². The van der Waals surface area contributed by atoms with Gasteiger partial charge in [0.2, 0.25) is 0 Å². The van der Waals surface area contributed by atoms with Crippen LogP contribution in [0.15, 0.2) is 18.2 Å². The third-order valence-electron chi connectivity index (χ3n) is 2.48. The van der Waals surface area contributed by atoms with E-state index in [1.807, 2.05) is 0 Å². The zero-order chi connectivity index (χ0) is 14.5. The van der Waals surface area contributed by atoms with E-state index in [2.05, 4.69) is 10.1 Å². The summed E-state index contributed by atoms with van der Waals surface area (Å²) in [7, 11) is -1.64. The summed E-state index contributed by atoms with van der Waals surface area (Å²) in [6, 6.07) is 4.79. The molecule has 0 bridgehead atoms. The smallest absolute Gasteiger partial charge is 0.337 e. The zero-order valence-corrected chi connectivity index (χ0v) is 11.8. The quantitative estimate of drug-likeness (QED) is 0.458. The van der Waals surface area contributed by atoms with Gasteiger partial charge in [-0.25, -0.2) is 13.2 Å². The lowest BCUT2D eigenvalue weighted by molar-refractivity contribution is 0.0601. The average molecular weight is 286 g/mol. The van der Waals surface area contributed by atoms with E-state index in [4.69, 9.17) is 5.73 Å². The lowest BCUT2D eigenvalue weighted by atomic mass is 10.1. The van der Waals surface area contributed by atoms with Gasteiger partial charge >= 0.3 is 5.97 Å². The third-order valence-corrected chi connectivity index (χ3v) is 3.51. The van der Waals surface area contributed by atoms with Crippen LogP contribution in [0.1, 0.15) is 16.8 Å². The fourth-order valence-electron chi connectivity index (χ4n) is 1.53. The number of hydrogen-bond donors (Lipinski definition) is 2. The molecule has 1 aromatic carbocycles. The molecule has 19 heavy (non-hydrogen) atoms. The predicted molar refractivity (Wildman–Crippen MR) is 75.0 cm³/mol. The number of esters is 1. The number of rotatable bonds is 6. The minimum atomic E-state index is -2.94. The van der Waals surface area contributed by atoms with Crippen LogP contribution in [0.5, 0.6) is 0 Å². The molecule has 0 aliphatic heterocycles. The maximum absolute atomic E-state index is 11.3. The molecule has 0 saturated carbocycles. The second-order valence-electron chi connectivity index (χ2n) is 4.20. The standard InChI is InChI=1S/C12H18N2O4S/c1-18-12(15)9-4-5-11(10(13)8-9)14-6-3-7-19(2,16)17/h4-5,8,14H,3,6-7,13H2,1-2H3. The first-order chi connectivity index (χ1) is 8.83. The molecule has 0 aliphatic rings. The lowest BCUT2D eigenvalue weighted by Gasteiger charge is -2.10. The molecule has 6 nitrogen and oxygen atoms in total. The van der Waals surface area contributed by atoms with Crippen LogP contribution < -0.4 is 11.1 Å². The highest BCUT2D eigenvalue weighted by Crippen LogP contribution is 2.20. The second kappa shape index (κ2) is 6.42. The summed E-state index contributed by atoms with van der Waals surface area (Å²) in [6.07, 6.45) is 1.70. The average Bonchev–Trinajstić information content (AvgIpc) is 2.33. The Kier molecular flexibility index (Phi) is 5.17. The fraction of sp³-hybridized carbons (Fsp3) is 0.417. The number of benzene rings is 1. The molecule has 106 valence electrons. The predicted octanol–water partition coefficient (Wildman–Crippen LogP) is 0.902. The molecule has 3 N–H and O–H groups in total. The first-order valence-corrected chi connectivity index (χ1v) is 7.79. The minimum Gasteiger partial charge on any atom is -0.465 e. The molecule has 0 aromatic heterocycles. The van der Waals surface area contributed by atoms with Gasteiger partial charge in [0.1, 0.15) is 9.84 Å². The number of nitrogens with one attached hydrogen (secondary N) is 1. The molecule has 0 unspecified atom stereocenters. The highest BCUT2D eigenvalue weighted by Gasteiger charge is 2.08. The topological polar surface area (TPSA) is 98.5 Å². The van der Waals surface area contributed by atoms with Crippen LogP contribution >= 0.6 is 0 Å². The maximum Gasteiger partial charge on any atom is 0.337 e. The molecule has 0 heterocycles. The molecule has 0 spiro atoms. The number of hydrogen-bond acceptors (Lipinski definition) is 6. The van der Waals surface area contributed by atoms with Gasteiger partial charge in [0.05, 0.1) is 29.8 Å². The number of ether oxygens (including phenoxy) is 1. The van der Waals surface area contributed by atoms with Gasteiger partial charge in [-0.2, -0.15) is 0 Å². The minimum absolute atomic E-state index is 0.125. The van der Waals surface area contributed by atoms with E-state index >= 15 is 0 Å². The van der Waals surface area contributed by atoms with E-state index in [0.29, 0.717) is 29.9 Å². The van der Waals surface area contributed by atoms with Crippen LogP contribution in [0.2, 0.25) is 0 Å². The number of sulfone groups is 1. The Morgan fingerprint density at radius 1 is 1.42 bits per heavy atom. The number of nitrogens with two attached hydrogens (primary N) is 1. The third kappa shape index (κ3) is 5.17. The Morgan fingerprint density at radius 3 is 2.63 bits per heavy atom. The Morgan fingerprint density at radius 2 is 2.11 bits per heavy atom. The highest BCUT2D eigenvalue weighted by atomic mass is 32.2. The van der Waals surface area contributed by atoms with Crippen LogP contribution in [-0.2, 0) is 14.6 Å². The summed E-state index contributed by atoms with van der Waals surface area (Å²) in [6.45, 7) is 0.495. The Labute approximate surface area is 112 Å². The zero-order valence-electron chi connectivity index (χ0n) is 11.0. The van der Waals surface area contributed by atoms with Crippen molar-refractivity contribution in [3.63, 3.8) is 0 Å². The molecule has 0 atom stereocenters. The van der Waals surface area contributed by atoms with Gasteiger partial charge in [0.25, 0.3) is 0 Å². The van der Waals surface area contributed by atoms with E-state index in [-0.39, 0.29) is 5.75 Å². The summed E-state index contributed by atoms with van der Waals surface area (Å²) < 4.78 is 26.5. The van der Waals surface area contributed by atoms with Gasteiger partial charge in [0.15, 0.2) is 0 Å². The molecule has 0 aliphatic carbocycles. The SMILES string of the molecule is COC(=O)c1ccc(NCCCS(C)(=O)=O)c(N)c1. The highest BCUT2D eigenvalue weighted by molar-refractivity contribution is 7.90. The molecule has 0 fully saturated rings. The molecular formula is C12H18N2O4S. The van der Waals surface area contributed by atoms with Gasteiger partial charge in [-0.1, -0.05) is 0 Å². The van der Waals surface area contributed by atoms with Crippen molar-refractivity contribution in [1.29, 1.82) is 0 Å². The number of methoxy groups -OCH3 is 1. The van der Waals surface area contributed by atoms with E-state index < -0.39 is 15.8 Å². The number of carbonyl (C=O) groups is 1. The largest absolute Gasteiger partial charge is 0.465 e. The molecule has 0 radical (unpaired) electrons. The van der Waals surface area contributed by atoms with Crippen LogP contribution in [-0.4, -0.2) is 40.1 Å². The van der Waals surface area contributed by atoms with E-state index in [9.17, 15) is 13.2 Å². The van der Waals surface area contributed by atoms with Gasteiger partial charge in [-0.3, -0.25) is 0 Å².